The maximum absolute atomic E-state index is 12.4. The van der Waals surface area contributed by atoms with Gasteiger partial charge in [0.05, 0.1) is 37.6 Å². The van der Waals surface area contributed by atoms with E-state index in [4.69, 9.17) is 4.74 Å². The molecule has 7 nitrogen and oxygen atoms in total. The molecule has 1 aromatic rings. The molecule has 1 amide bonds. The van der Waals surface area contributed by atoms with E-state index in [-0.39, 0.29) is 29.3 Å². The van der Waals surface area contributed by atoms with E-state index >= 15 is 0 Å². The number of likely N-dealkylation sites (tertiary alicyclic amines) is 1. The number of carbonyl (C=O) groups excluding carboxylic acids is 3. The molecule has 1 saturated heterocycles. The molecule has 1 aliphatic heterocycles. The molecule has 1 atom stereocenters. The summed E-state index contributed by atoms with van der Waals surface area (Å²) in [5, 5.41) is 2.72. The van der Waals surface area contributed by atoms with Crippen molar-refractivity contribution < 1.29 is 23.9 Å². The molecule has 136 valence electrons. The maximum atomic E-state index is 12.4. The Morgan fingerprint density at radius 2 is 1.88 bits per heavy atom. The second kappa shape index (κ2) is 8.62. The van der Waals surface area contributed by atoms with E-state index in [0.29, 0.717) is 6.04 Å². The first-order valence-electron chi connectivity index (χ1n) is 8.30. The summed E-state index contributed by atoms with van der Waals surface area (Å²) in [4.78, 5) is 38.1. The van der Waals surface area contributed by atoms with Crippen LogP contribution in [-0.2, 0) is 14.3 Å². The fraction of sp³-hybridized carbons (Fsp3) is 0.500. The number of piperidine rings is 1. The lowest BCUT2D eigenvalue weighted by atomic mass is 10.0. The van der Waals surface area contributed by atoms with E-state index in [1.807, 2.05) is 0 Å². The van der Waals surface area contributed by atoms with Crippen LogP contribution in [0.4, 0.5) is 5.69 Å². The van der Waals surface area contributed by atoms with E-state index in [2.05, 4.69) is 21.9 Å². The van der Waals surface area contributed by atoms with E-state index in [1.54, 1.807) is 0 Å². The number of nitrogens with one attached hydrogen (secondary N) is 1. The molecule has 0 aliphatic carbocycles. The van der Waals surface area contributed by atoms with Crippen LogP contribution in [-0.4, -0.2) is 56.1 Å². The minimum atomic E-state index is -0.585. The highest BCUT2D eigenvalue weighted by atomic mass is 16.5. The highest BCUT2D eigenvalue weighted by Crippen LogP contribution is 2.21. The van der Waals surface area contributed by atoms with Crippen molar-refractivity contribution in [2.45, 2.75) is 32.2 Å². The van der Waals surface area contributed by atoms with Gasteiger partial charge in [-0.05, 0) is 44.5 Å². The summed E-state index contributed by atoms with van der Waals surface area (Å²) >= 11 is 0. The first-order chi connectivity index (χ1) is 12.0. The Hall–Kier alpha value is -2.41. The zero-order valence-corrected chi connectivity index (χ0v) is 14.8. The molecule has 0 unspecified atom stereocenters. The van der Waals surface area contributed by atoms with Crippen LogP contribution in [0.3, 0.4) is 0 Å². The summed E-state index contributed by atoms with van der Waals surface area (Å²) in [7, 11) is 2.53. The predicted octanol–water partition coefficient (Wildman–Crippen LogP) is 2.07. The number of ether oxygens (including phenoxy) is 2. The van der Waals surface area contributed by atoms with Gasteiger partial charge in [-0.1, -0.05) is 6.42 Å². The minimum Gasteiger partial charge on any atom is -0.465 e. The van der Waals surface area contributed by atoms with Crippen molar-refractivity contribution in [2.24, 2.45) is 0 Å². The Kier molecular flexibility index (Phi) is 6.52. The molecule has 0 saturated carbocycles. The molecule has 1 aromatic carbocycles. The van der Waals surface area contributed by atoms with Gasteiger partial charge in [-0.3, -0.25) is 9.69 Å². The summed E-state index contributed by atoms with van der Waals surface area (Å²) < 4.78 is 9.42. The van der Waals surface area contributed by atoms with Crippen LogP contribution < -0.4 is 5.32 Å². The Morgan fingerprint density at radius 3 is 2.52 bits per heavy atom. The van der Waals surface area contributed by atoms with E-state index < -0.39 is 11.9 Å². The number of rotatable bonds is 5. The average Bonchev–Trinajstić information content (AvgIpc) is 2.62. The molecule has 1 N–H and O–H groups in total. The summed E-state index contributed by atoms with van der Waals surface area (Å²) in [6.45, 7) is 3.22. The standard InChI is InChI=1S/C18H24N2O5/c1-12-6-4-5-9-20(12)11-16(21)19-15-10-13(17(22)24-2)7-8-14(15)18(23)25-3/h7-8,10,12H,4-6,9,11H2,1-3H3,(H,19,21)/t12-/m0/s1. The third kappa shape index (κ3) is 4.79. The highest BCUT2D eigenvalue weighted by Gasteiger charge is 2.22. The minimum absolute atomic E-state index is 0.190. The van der Waals surface area contributed by atoms with Crippen LogP contribution in [0.25, 0.3) is 0 Å². The number of carbonyl (C=O) groups is 3. The fourth-order valence-electron chi connectivity index (χ4n) is 2.95. The second-order valence-corrected chi connectivity index (χ2v) is 6.11. The third-order valence-electron chi connectivity index (χ3n) is 4.41. The summed E-state index contributed by atoms with van der Waals surface area (Å²) in [6, 6.07) is 4.67. The van der Waals surface area contributed by atoms with Gasteiger partial charge in [-0.25, -0.2) is 9.59 Å². The predicted molar refractivity (Wildman–Crippen MR) is 92.6 cm³/mol. The van der Waals surface area contributed by atoms with Crippen molar-refractivity contribution in [2.75, 3.05) is 32.6 Å². The van der Waals surface area contributed by atoms with Crippen LogP contribution in [0.2, 0.25) is 0 Å². The van der Waals surface area contributed by atoms with E-state index in [9.17, 15) is 14.4 Å². The average molecular weight is 348 g/mol. The van der Waals surface area contributed by atoms with Gasteiger partial charge in [0.25, 0.3) is 0 Å². The Bertz CT molecular complexity index is 659. The molecule has 7 heteroatoms. The number of hydrogen-bond acceptors (Lipinski definition) is 6. The number of benzene rings is 1. The molecule has 1 aliphatic rings. The molecule has 1 fully saturated rings. The van der Waals surface area contributed by atoms with Crippen molar-refractivity contribution in [3.63, 3.8) is 0 Å². The van der Waals surface area contributed by atoms with Crippen LogP contribution in [0.15, 0.2) is 18.2 Å². The maximum Gasteiger partial charge on any atom is 0.339 e. The van der Waals surface area contributed by atoms with Crippen LogP contribution in [0.1, 0.15) is 46.9 Å². The summed E-state index contributed by atoms with van der Waals surface area (Å²) in [5.41, 5.74) is 0.677. The summed E-state index contributed by atoms with van der Waals surface area (Å²) in [6.07, 6.45) is 3.31. The van der Waals surface area contributed by atoms with Crippen molar-refractivity contribution in [3.05, 3.63) is 29.3 Å². The fourth-order valence-corrected chi connectivity index (χ4v) is 2.95. The van der Waals surface area contributed by atoms with Gasteiger partial charge in [0.15, 0.2) is 0 Å². The zero-order chi connectivity index (χ0) is 18.4. The normalized spacial score (nSPS) is 17.6. The van der Waals surface area contributed by atoms with Crippen molar-refractivity contribution >= 4 is 23.5 Å². The van der Waals surface area contributed by atoms with Crippen LogP contribution >= 0.6 is 0 Å². The lowest BCUT2D eigenvalue weighted by Gasteiger charge is -2.32. The largest absolute Gasteiger partial charge is 0.465 e. The Labute approximate surface area is 147 Å². The molecule has 0 bridgehead atoms. The number of amides is 1. The molecular weight excluding hydrogens is 324 g/mol. The van der Waals surface area contributed by atoms with Crippen molar-refractivity contribution in [1.82, 2.24) is 4.90 Å². The van der Waals surface area contributed by atoms with Gasteiger partial charge in [-0.2, -0.15) is 0 Å². The van der Waals surface area contributed by atoms with E-state index in [1.165, 1.54) is 38.8 Å². The number of anilines is 1. The number of hydrogen-bond donors (Lipinski definition) is 1. The summed E-state index contributed by atoms with van der Waals surface area (Å²) in [5.74, 6) is -1.37. The highest BCUT2D eigenvalue weighted by molar-refractivity contribution is 6.03. The van der Waals surface area contributed by atoms with Gasteiger partial charge in [0.1, 0.15) is 0 Å². The number of nitrogens with zero attached hydrogens (tertiary/aromatic N) is 1. The van der Waals surface area contributed by atoms with Gasteiger partial charge >= 0.3 is 11.9 Å². The first-order valence-corrected chi connectivity index (χ1v) is 8.30. The SMILES string of the molecule is COC(=O)c1ccc(C(=O)OC)c(NC(=O)CN2CCCC[C@@H]2C)c1. The van der Waals surface area contributed by atoms with Gasteiger partial charge in [0.2, 0.25) is 5.91 Å². The third-order valence-corrected chi connectivity index (χ3v) is 4.41. The van der Waals surface area contributed by atoms with Gasteiger partial charge in [0, 0.05) is 6.04 Å². The zero-order valence-electron chi connectivity index (χ0n) is 14.8. The number of methoxy groups -OCH3 is 2. The second-order valence-electron chi connectivity index (χ2n) is 6.11. The Morgan fingerprint density at radius 1 is 1.16 bits per heavy atom. The molecule has 0 spiro atoms. The van der Waals surface area contributed by atoms with Crippen molar-refractivity contribution in [3.8, 4) is 0 Å². The van der Waals surface area contributed by atoms with Crippen molar-refractivity contribution in [1.29, 1.82) is 0 Å². The van der Waals surface area contributed by atoms with Gasteiger partial charge in [-0.15, -0.1) is 0 Å². The topological polar surface area (TPSA) is 84.9 Å². The van der Waals surface area contributed by atoms with Crippen LogP contribution in [0.5, 0.6) is 0 Å². The Balaban J connectivity index is 2.18. The van der Waals surface area contributed by atoms with Gasteiger partial charge < -0.3 is 14.8 Å². The quantitative estimate of drug-likeness (QED) is 0.820. The molecule has 1 heterocycles. The lowest BCUT2D eigenvalue weighted by Crippen LogP contribution is -2.42. The number of esters is 2. The molecule has 0 radical (unpaired) electrons. The molecular formula is C18H24N2O5. The monoisotopic (exact) mass is 348 g/mol. The smallest absolute Gasteiger partial charge is 0.339 e. The molecule has 2 rings (SSSR count). The van der Waals surface area contributed by atoms with E-state index in [0.717, 1.165) is 19.4 Å². The molecule has 0 aromatic heterocycles. The lowest BCUT2D eigenvalue weighted by molar-refractivity contribution is -0.118. The molecule has 25 heavy (non-hydrogen) atoms. The van der Waals surface area contributed by atoms with Crippen LogP contribution in [0, 0.1) is 0 Å². The first kappa shape index (κ1) is 18.9.